The van der Waals surface area contributed by atoms with Gasteiger partial charge in [0.2, 0.25) is 5.69 Å². The molecular formula is C40H49N3O6S2. The number of terminal acetylenes is 1. The summed E-state index contributed by atoms with van der Waals surface area (Å²) in [5.41, 5.74) is 9.54. The van der Waals surface area contributed by atoms with Gasteiger partial charge >= 0.3 is 0 Å². The van der Waals surface area contributed by atoms with Gasteiger partial charge in [0.25, 0.3) is 10.1 Å². The number of unbranched alkanes of at least 4 members (excludes halogenated alkanes) is 2. The van der Waals surface area contributed by atoms with Gasteiger partial charge in [0.05, 0.1) is 27.8 Å². The lowest BCUT2D eigenvalue weighted by atomic mass is 9.81. The molecule has 0 saturated carbocycles. The van der Waals surface area contributed by atoms with Crippen LogP contribution >= 0.6 is 0 Å². The molecule has 0 atom stereocenters. The molecule has 3 aliphatic rings. The molecule has 2 aromatic carbocycles. The van der Waals surface area contributed by atoms with E-state index < -0.39 is 20.2 Å². The van der Waals surface area contributed by atoms with E-state index in [1.54, 1.807) is 0 Å². The summed E-state index contributed by atoms with van der Waals surface area (Å²) in [7, 11) is -8.27. The van der Waals surface area contributed by atoms with Crippen molar-refractivity contribution in [3.63, 3.8) is 0 Å². The van der Waals surface area contributed by atoms with Gasteiger partial charge in [-0.05, 0) is 74.8 Å². The number of para-hydroxylation sites is 2. The molecule has 2 heterocycles. The molecule has 0 bridgehead atoms. The number of fused-ring (bicyclic) bond motifs is 2. The molecule has 0 unspecified atom stereocenters. The molecule has 0 aromatic heterocycles. The van der Waals surface area contributed by atoms with Gasteiger partial charge in [-0.1, -0.05) is 68.3 Å². The Morgan fingerprint density at radius 2 is 1.59 bits per heavy atom. The third kappa shape index (κ3) is 8.75. The number of hydrogen-bond donors (Lipinski definition) is 2. The van der Waals surface area contributed by atoms with Crippen molar-refractivity contribution >= 4 is 37.3 Å². The minimum Gasteiger partial charge on any atom is -0.748 e. The second-order valence-corrected chi connectivity index (χ2v) is 17.6. The molecule has 9 nitrogen and oxygen atoms in total. The summed E-state index contributed by atoms with van der Waals surface area (Å²) in [6.45, 7) is 10.4. The number of rotatable bonds is 15. The van der Waals surface area contributed by atoms with Gasteiger partial charge in [-0.15, -0.1) is 6.42 Å². The van der Waals surface area contributed by atoms with Gasteiger partial charge in [-0.3, -0.25) is 4.55 Å². The maximum atomic E-state index is 11.3. The highest BCUT2D eigenvalue weighted by molar-refractivity contribution is 7.85. The molecule has 0 radical (unpaired) electrons. The third-order valence-corrected chi connectivity index (χ3v) is 11.8. The topological polar surface area (TPSA) is 130 Å². The highest BCUT2D eigenvalue weighted by Gasteiger charge is 2.44. The summed E-state index contributed by atoms with van der Waals surface area (Å²) in [6.07, 6.45) is 17.9. The van der Waals surface area contributed by atoms with E-state index in [-0.39, 0.29) is 22.3 Å². The highest BCUT2D eigenvalue weighted by atomic mass is 32.2. The maximum Gasteiger partial charge on any atom is 0.264 e. The summed E-state index contributed by atoms with van der Waals surface area (Å²) in [6, 6.07) is 16.6. The third-order valence-electron chi connectivity index (χ3n) is 10.2. The second-order valence-electron chi connectivity index (χ2n) is 14.5. The van der Waals surface area contributed by atoms with Gasteiger partial charge in [0.15, 0.2) is 5.71 Å². The molecule has 272 valence electrons. The molecule has 0 saturated heterocycles. The molecule has 0 amide bonds. The zero-order valence-electron chi connectivity index (χ0n) is 30.0. The average Bonchev–Trinajstić information content (AvgIpc) is 3.62. The Balaban J connectivity index is 1.48. The van der Waals surface area contributed by atoms with Crippen LogP contribution in [0, 0.1) is 12.3 Å². The quantitative estimate of drug-likeness (QED) is 0.0921. The van der Waals surface area contributed by atoms with E-state index in [2.05, 4.69) is 97.0 Å². The number of hydrogen-bond acceptors (Lipinski definition) is 7. The van der Waals surface area contributed by atoms with Gasteiger partial charge in [0, 0.05) is 58.9 Å². The minimum absolute atomic E-state index is 0.258. The smallest absolute Gasteiger partial charge is 0.264 e. The Kier molecular flexibility index (Phi) is 11.5. The second kappa shape index (κ2) is 15.3. The molecular weight excluding hydrogens is 683 g/mol. The molecule has 2 aliphatic heterocycles. The Labute approximate surface area is 304 Å². The first-order valence-corrected chi connectivity index (χ1v) is 20.7. The van der Waals surface area contributed by atoms with Crippen molar-refractivity contribution < 1.29 is 30.5 Å². The summed E-state index contributed by atoms with van der Waals surface area (Å²) >= 11 is 0. The number of nitrogens with one attached hydrogen (secondary N) is 1. The Hall–Kier alpha value is -3.95. The molecule has 2 N–H and O–H groups in total. The summed E-state index contributed by atoms with van der Waals surface area (Å²) < 4.78 is 67.9. The van der Waals surface area contributed by atoms with Gasteiger partial charge in [-0.25, -0.2) is 8.42 Å². The molecule has 51 heavy (non-hydrogen) atoms. The first-order chi connectivity index (χ1) is 24.0. The molecule has 2 aromatic rings. The Morgan fingerprint density at radius 1 is 0.902 bits per heavy atom. The normalized spacial score (nSPS) is 19.7. The van der Waals surface area contributed by atoms with Crippen molar-refractivity contribution in [2.45, 2.75) is 77.0 Å². The fourth-order valence-electron chi connectivity index (χ4n) is 7.65. The van der Waals surface area contributed by atoms with E-state index >= 15 is 0 Å². The van der Waals surface area contributed by atoms with Crippen LogP contribution in [0.2, 0.25) is 0 Å². The fourth-order valence-corrected chi connectivity index (χ4v) is 8.78. The van der Waals surface area contributed by atoms with Crippen LogP contribution in [0.25, 0.3) is 0 Å². The summed E-state index contributed by atoms with van der Waals surface area (Å²) in [4.78, 5) is 2.25. The monoisotopic (exact) mass is 731 g/mol. The van der Waals surface area contributed by atoms with Crippen LogP contribution < -0.4 is 10.2 Å². The van der Waals surface area contributed by atoms with Crippen molar-refractivity contribution in [2.24, 2.45) is 0 Å². The van der Waals surface area contributed by atoms with E-state index in [1.807, 2.05) is 24.3 Å². The molecule has 1 aliphatic carbocycles. The van der Waals surface area contributed by atoms with Crippen LogP contribution in [0.1, 0.15) is 77.3 Å². The highest BCUT2D eigenvalue weighted by Crippen LogP contribution is 2.48. The number of anilines is 1. The van der Waals surface area contributed by atoms with Crippen LogP contribution in [0.3, 0.4) is 0 Å². The number of benzene rings is 2. The Bertz CT molecular complexity index is 2080. The average molecular weight is 732 g/mol. The minimum atomic E-state index is -4.26. The van der Waals surface area contributed by atoms with Crippen molar-refractivity contribution in [3.8, 4) is 12.3 Å². The van der Waals surface area contributed by atoms with Crippen LogP contribution in [-0.2, 0) is 31.1 Å². The lowest BCUT2D eigenvalue weighted by Gasteiger charge is -2.27. The lowest BCUT2D eigenvalue weighted by molar-refractivity contribution is -0.438. The Morgan fingerprint density at radius 3 is 2.29 bits per heavy atom. The zero-order chi connectivity index (χ0) is 37.0. The fraction of sp³-hybridized carbons (Fsp3) is 0.425. The molecule has 0 spiro atoms. The van der Waals surface area contributed by atoms with Crippen molar-refractivity contribution in [1.29, 1.82) is 0 Å². The van der Waals surface area contributed by atoms with Crippen LogP contribution in [0.5, 0.6) is 0 Å². The van der Waals surface area contributed by atoms with Crippen LogP contribution in [0.4, 0.5) is 11.4 Å². The molecule has 0 fully saturated rings. The van der Waals surface area contributed by atoms with Crippen molar-refractivity contribution in [2.75, 3.05) is 36.0 Å². The predicted molar refractivity (Wildman–Crippen MR) is 204 cm³/mol. The van der Waals surface area contributed by atoms with Gasteiger partial charge in [0.1, 0.15) is 6.54 Å². The number of allylic oxidation sites excluding steroid dienone is 7. The van der Waals surface area contributed by atoms with Gasteiger partial charge in [-0.2, -0.15) is 13.0 Å². The predicted octanol–water partition coefficient (Wildman–Crippen LogP) is 6.49. The van der Waals surface area contributed by atoms with Crippen LogP contribution in [-0.4, -0.2) is 67.4 Å². The van der Waals surface area contributed by atoms with E-state index in [9.17, 15) is 25.9 Å². The number of nitrogens with zero attached hydrogens (tertiary/aromatic N) is 2. The summed E-state index contributed by atoms with van der Waals surface area (Å²) in [5, 5.41) is 3.48. The summed E-state index contributed by atoms with van der Waals surface area (Å²) in [5.74, 6) is 2.09. The van der Waals surface area contributed by atoms with Crippen LogP contribution in [0.15, 0.2) is 95.4 Å². The van der Waals surface area contributed by atoms with E-state index in [1.165, 1.54) is 11.1 Å². The van der Waals surface area contributed by atoms with Crippen molar-refractivity contribution in [3.05, 3.63) is 107 Å². The van der Waals surface area contributed by atoms with E-state index in [0.29, 0.717) is 45.3 Å². The largest absolute Gasteiger partial charge is 0.748 e. The standard InChI is InChI=1S/C40H49N3O6S2/c1-6-25-41-38-30(21-23-36-39(2,3)32-15-7-9-17-34(32)42(36)26-11-13-28-50(44,45)46)19-20-31(38)22-24-37-40(4,5)33-16-8-10-18-35(33)43(37)27-12-14-29-51(47,48)49/h1,7-10,15-18,21-24H,11-14,19-20,25-29H2,2-5H3,(H2,44,45,46,47,48,49)/b30-21+,36-23-. The zero-order valence-corrected chi connectivity index (χ0v) is 31.6. The lowest BCUT2D eigenvalue weighted by Crippen LogP contribution is -2.28. The molecule has 5 rings (SSSR count). The van der Waals surface area contributed by atoms with Crippen molar-refractivity contribution in [1.82, 2.24) is 5.32 Å². The maximum absolute atomic E-state index is 11.3. The SMILES string of the molecule is C#CCNC1=C(/C=C/C2=[N+](CCCCS(=O)(=O)O)c3ccccc3C2(C)C)CC/C1=C\C=C1/N(CCCCS(=O)(=O)[O-])c2ccccc2C1(C)C. The van der Waals surface area contributed by atoms with Gasteiger partial charge < -0.3 is 14.8 Å². The van der Waals surface area contributed by atoms with E-state index in [4.69, 9.17) is 6.42 Å². The van der Waals surface area contributed by atoms with E-state index in [0.717, 1.165) is 52.5 Å². The first kappa shape index (κ1) is 38.3. The first-order valence-electron chi connectivity index (χ1n) is 17.5. The molecule has 11 heteroatoms.